The minimum atomic E-state index is -0.123. The number of nitrogens with one attached hydrogen (secondary N) is 1. The number of benzene rings is 3. The Bertz CT molecular complexity index is 1000. The number of ether oxygens (including phenoxy) is 1. The van der Waals surface area contributed by atoms with Crippen LogP contribution in [0, 0.1) is 5.92 Å². The summed E-state index contributed by atoms with van der Waals surface area (Å²) in [6.07, 6.45) is 3.15. The number of hydrazone groups is 1. The predicted molar refractivity (Wildman–Crippen MR) is 123 cm³/mol. The number of hydrogen-bond donors (Lipinski definition) is 1. The highest BCUT2D eigenvalue weighted by atomic mass is 79.9. The molecular weight excluding hydrogens is 440 g/mol. The molecule has 1 amide bonds. The van der Waals surface area contributed by atoms with Crippen molar-refractivity contribution >= 4 is 28.1 Å². The number of carbonyl (C=O) groups excluding carboxylic acids is 1. The van der Waals surface area contributed by atoms with Crippen molar-refractivity contribution in [3.8, 4) is 5.75 Å². The zero-order valence-electron chi connectivity index (χ0n) is 16.7. The average molecular weight is 463 g/mol. The molecule has 1 saturated carbocycles. The van der Waals surface area contributed by atoms with Crippen LogP contribution in [0.3, 0.4) is 0 Å². The van der Waals surface area contributed by atoms with Crippen LogP contribution in [-0.4, -0.2) is 19.2 Å². The third kappa shape index (κ3) is 4.03. The van der Waals surface area contributed by atoms with Crippen molar-refractivity contribution in [2.45, 2.75) is 18.3 Å². The molecule has 1 N–H and O–H groups in total. The van der Waals surface area contributed by atoms with Gasteiger partial charge in [0.05, 0.1) is 13.3 Å². The van der Waals surface area contributed by atoms with Crippen LogP contribution in [0.1, 0.15) is 29.5 Å². The summed E-state index contributed by atoms with van der Waals surface area (Å²) in [5, 5.41) is 4.16. The molecule has 3 aromatic rings. The molecule has 4 nitrogen and oxygen atoms in total. The normalized spacial score (nSPS) is 15.5. The van der Waals surface area contributed by atoms with Gasteiger partial charge in [0.2, 0.25) is 5.91 Å². The van der Waals surface area contributed by atoms with Gasteiger partial charge in [-0.05, 0) is 42.2 Å². The second kappa shape index (κ2) is 8.84. The van der Waals surface area contributed by atoms with Crippen LogP contribution in [-0.2, 0) is 10.2 Å². The van der Waals surface area contributed by atoms with Gasteiger partial charge >= 0.3 is 0 Å². The third-order valence-corrected chi connectivity index (χ3v) is 6.28. The number of methoxy groups -OCH3 is 1. The Morgan fingerprint density at radius 2 is 1.63 bits per heavy atom. The maximum absolute atomic E-state index is 12.7. The van der Waals surface area contributed by atoms with E-state index >= 15 is 0 Å². The molecule has 0 aliphatic heterocycles. The second-order valence-electron chi connectivity index (χ2n) is 7.54. The summed E-state index contributed by atoms with van der Waals surface area (Å²) in [6.45, 7) is 0. The van der Waals surface area contributed by atoms with Gasteiger partial charge < -0.3 is 4.74 Å². The van der Waals surface area contributed by atoms with Crippen molar-refractivity contribution < 1.29 is 9.53 Å². The molecule has 0 radical (unpaired) electrons. The fraction of sp³-hybridized carbons (Fsp3) is 0.200. The summed E-state index contributed by atoms with van der Waals surface area (Å²) in [5.41, 5.74) is 5.88. The first-order valence-corrected chi connectivity index (χ1v) is 10.7. The molecule has 0 saturated heterocycles. The van der Waals surface area contributed by atoms with E-state index in [9.17, 15) is 4.79 Å². The molecular formula is C25H23BrN2O2. The SMILES string of the molecule is COc1ccc(Br)cc1C=NNC(=O)C1CC(c2ccccc2)(c2ccccc2)C1. The van der Waals surface area contributed by atoms with E-state index < -0.39 is 0 Å². The van der Waals surface area contributed by atoms with Crippen LogP contribution in [0.25, 0.3) is 0 Å². The monoisotopic (exact) mass is 462 g/mol. The van der Waals surface area contributed by atoms with Gasteiger partial charge in [-0.15, -0.1) is 0 Å². The summed E-state index contributed by atoms with van der Waals surface area (Å²) in [5.74, 6) is 0.571. The van der Waals surface area contributed by atoms with E-state index in [4.69, 9.17) is 4.74 Å². The van der Waals surface area contributed by atoms with E-state index in [1.807, 2.05) is 30.3 Å². The van der Waals surface area contributed by atoms with Gasteiger partial charge in [-0.1, -0.05) is 76.6 Å². The van der Waals surface area contributed by atoms with E-state index in [2.05, 4.69) is 75.0 Å². The standard InChI is InChI=1S/C25H23BrN2O2/c1-30-23-13-12-22(26)14-18(23)17-27-28-24(29)19-15-25(16-19,20-8-4-2-5-9-20)21-10-6-3-7-11-21/h2-14,17,19H,15-16H2,1H3,(H,28,29). The predicted octanol–water partition coefficient (Wildman–Crippen LogP) is 5.30. The van der Waals surface area contributed by atoms with Crippen molar-refractivity contribution in [1.82, 2.24) is 5.43 Å². The van der Waals surface area contributed by atoms with Crippen molar-refractivity contribution in [3.05, 3.63) is 100 Å². The molecule has 3 aromatic carbocycles. The Labute approximate surface area is 185 Å². The average Bonchev–Trinajstić information content (AvgIpc) is 2.75. The van der Waals surface area contributed by atoms with Gasteiger partial charge in [0.15, 0.2) is 0 Å². The molecule has 4 rings (SSSR count). The smallest absolute Gasteiger partial charge is 0.243 e. The van der Waals surface area contributed by atoms with Gasteiger partial charge in [0.1, 0.15) is 5.75 Å². The maximum Gasteiger partial charge on any atom is 0.243 e. The zero-order chi connectivity index (χ0) is 21.0. The van der Waals surface area contributed by atoms with Gasteiger partial charge in [-0.25, -0.2) is 5.43 Å². The number of halogens is 1. The molecule has 1 fully saturated rings. The molecule has 152 valence electrons. The highest BCUT2D eigenvalue weighted by molar-refractivity contribution is 9.10. The number of nitrogens with zero attached hydrogens (tertiary/aromatic N) is 1. The molecule has 30 heavy (non-hydrogen) atoms. The van der Waals surface area contributed by atoms with Crippen molar-refractivity contribution in [3.63, 3.8) is 0 Å². The molecule has 0 atom stereocenters. The maximum atomic E-state index is 12.7. The van der Waals surface area contributed by atoms with Gasteiger partial charge in [0.25, 0.3) is 0 Å². The molecule has 0 unspecified atom stereocenters. The molecule has 0 bridgehead atoms. The number of carbonyl (C=O) groups is 1. The van der Waals surface area contributed by atoms with E-state index in [1.54, 1.807) is 13.3 Å². The van der Waals surface area contributed by atoms with Gasteiger partial charge in [-0.3, -0.25) is 4.79 Å². The summed E-state index contributed by atoms with van der Waals surface area (Å²) in [4.78, 5) is 12.7. The quantitative estimate of drug-likeness (QED) is 0.398. The van der Waals surface area contributed by atoms with Crippen LogP contribution < -0.4 is 10.2 Å². The van der Waals surface area contributed by atoms with Crippen molar-refractivity contribution in [1.29, 1.82) is 0 Å². The lowest BCUT2D eigenvalue weighted by molar-refractivity contribution is -0.129. The van der Waals surface area contributed by atoms with Crippen LogP contribution in [0.5, 0.6) is 5.75 Å². The molecule has 0 spiro atoms. The topological polar surface area (TPSA) is 50.7 Å². The lowest BCUT2D eigenvalue weighted by Gasteiger charge is -2.47. The first-order chi connectivity index (χ1) is 14.6. The fourth-order valence-corrected chi connectivity index (χ4v) is 4.56. The summed E-state index contributed by atoms with van der Waals surface area (Å²) in [6, 6.07) is 26.5. The Morgan fingerprint density at radius 3 is 2.20 bits per heavy atom. The van der Waals surface area contributed by atoms with E-state index in [1.165, 1.54) is 11.1 Å². The Kier molecular flexibility index (Phi) is 6.00. The van der Waals surface area contributed by atoms with Gasteiger partial charge in [0, 0.05) is 21.4 Å². The van der Waals surface area contributed by atoms with Gasteiger partial charge in [-0.2, -0.15) is 5.10 Å². The zero-order valence-corrected chi connectivity index (χ0v) is 18.3. The van der Waals surface area contributed by atoms with Crippen LogP contribution in [0.2, 0.25) is 0 Å². The highest BCUT2D eigenvalue weighted by Gasteiger charge is 2.49. The highest BCUT2D eigenvalue weighted by Crippen LogP contribution is 2.52. The summed E-state index contributed by atoms with van der Waals surface area (Å²) >= 11 is 3.44. The molecule has 1 aliphatic carbocycles. The lowest BCUT2D eigenvalue weighted by Crippen LogP contribution is -2.48. The minimum absolute atomic E-state index is 0.0531. The number of rotatable bonds is 6. The first kappa shape index (κ1) is 20.4. The molecule has 5 heteroatoms. The van der Waals surface area contributed by atoms with Crippen LogP contribution in [0.4, 0.5) is 0 Å². The Hall–Kier alpha value is -2.92. The van der Waals surface area contributed by atoms with E-state index in [-0.39, 0.29) is 17.2 Å². The summed E-state index contributed by atoms with van der Waals surface area (Å²) in [7, 11) is 1.61. The molecule has 0 aromatic heterocycles. The van der Waals surface area contributed by atoms with Crippen molar-refractivity contribution in [2.24, 2.45) is 11.0 Å². The Balaban J connectivity index is 1.47. The summed E-state index contributed by atoms with van der Waals surface area (Å²) < 4.78 is 6.26. The first-order valence-electron chi connectivity index (χ1n) is 9.90. The van der Waals surface area contributed by atoms with Crippen LogP contribution in [0.15, 0.2) is 88.4 Å². The molecule has 0 heterocycles. The minimum Gasteiger partial charge on any atom is -0.496 e. The second-order valence-corrected chi connectivity index (χ2v) is 8.46. The van der Waals surface area contributed by atoms with Crippen LogP contribution >= 0.6 is 15.9 Å². The molecule has 1 aliphatic rings. The van der Waals surface area contributed by atoms with Crippen molar-refractivity contribution in [2.75, 3.05) is 7.11 Å². The lowest BCUT2D eigenvalue weighted by atomic mass is 9.55. The van der Waals surface area contributed by atoms with E-state index in [0.717, 1.165) is 22.9 Å². The Morgan fingerprint density at radius 1 is 1.03 bits per heavy atom. The fourth-order valence-electron chi connectivity index (χ4n) is 4.18. The number of amides is 1. The number of hydrogen-bond acceptors (Lipinski definition) is 3. The van der Waals surface area contributed by atoms with E-state index in [0.29, 0.717) is 5.75 Å². The largest absolute Gasteiger partial charge is 0.496 e. The third-order valence-electron chi connectivity index (χ3n) is 5.78.